The van der Waals surface area contributed by atoms with E-state index in [1.54, 1.807) is 36.4 Å². The van der Waals surface area contributed by atoms with Gasteiger partial charge in [-0.05, 0) is 64.5 Å². The molecule has 0 radical (unpaired) electrons. The molecule has 0 aliphatic carbocycles. The SMILES string of the molecule is O=C(O)c1cc(-c2ccc(-c3ccc(Br)c(Cl)c3)o2)nc2ccc(Cl)cc12. The molecule has 2 aromatic carbocycles. The summed E-state index contributed by atoms with van der Waals surface area (Å²) >= 11 is 15.5. The van der Waals surface area contributed by atoms with Crippen molar-refractivity contribution < 1.29 is 14.3 Å². The minimum atomic E-state index is -1.06. The highest BCUT2D eigenvalue weighted by atomic mass is 79.9. The Kier molecular flexibility index (Phi) is 4.68. The number of aromatic carboxylic acids is 1. The standard InChI is InChI=1S/C20H10BrCl2NO3/c21-14-3-1-10(7-15(14)23)18-5-6-19(27-18)17-9-13(20(25)26)12-8-11(22)2-4-16(12)24-17/h1-9H,(H,25,26). The predicted octanol–water partition coefficient (Wildman–Crippen LogP) is 6.93. The van der Waals surface area contributed by atoms with Gasteiger partial charge in [0.2, 0.25) is 0 Å². The quantitative estimate of drug-likeness (QED) is 0.358. The number of carboxylic acid groups (broad SMARTS) is 1. The van der Waals surface area contributed by atoms with Crippen molar-refractivity contribution in [2.75, 3.05) is 0 Å². The van der Waals surface area contributed by atoms with Crippen LogP contribution in [0.2, 0.25) is 10.0 Å². The molecule has 0 aliphatic heterocycles. The van der Waals surface area contributed by atoms with Gasteiger partial charge in [0.1, 0.15) is 11.5 Å². The Balaban J connectivity index is 1.83. The van der Waals surface area contributed by atoms with Crippen LogP contribution in [0.25, 0.3) is 33.7 Å². The van der Waals surface area contributed by atoms with E-state index in [2.05, 4.69) is 20.9 Å². The number of rotatable bonds is 3. The van der Waals surface area contributed by atoms with Gasteiger partial charge in [0.25, 0.3) is 0 Å². The molecule has 0 aliphatic rings. The molecule has 4 nitrogen and oxygen atoms in total. The van der Waals surface area contributed by atoms with Gasteiger partial charge in [-0.2, -0.15) is 0 Å². The zero-order valence-corrected chi connectivity index (χ0v) is 16.6. The number of carboxylic acids is 1. The van der Waals surface area contributed by atoms with Gasteiger partial charge in [-0.1, -0.05) is 29.3 Å². The molecular weight excluding hydrogens is 453 g/mol. The Bertz CT molecular complexity index is 1200. The molecule has 1 N–H and O–H groups in total. The van der Waals surface area contributed by atoms with Crippen LogP contribution in [0.1, 0.15) is 10.4 Å². The highest BCUT2D eigenvalue weighted by molar-refractivity contribution is 9.10. The Labute approximate surface area is 172 Å². The highest BCUT2D eigenvalue weighted by Gasteiger charge is 2.16. The van der Waals surface area contributed by atoms with E-state index in [0.717, 1.165) is 10.0 Å². The van der Waals surface area contributed by atoms with Gasteiger partial charge in [0, 0.05) is 20.4 Å². The maximum atomic E-state index is 11.7. The number of furan rings is 1. The number of carbonyl (C=O) groups is 1. The van der Waals surface area contributed by atoms with Crippen molar-refractivity contribution in [1.29, 1.82) is 0 Å². The topological polar surface area (TPSA) is 63.3 Å². The summed E-state index contributed by atoms with van der Waals surface area (Å²) in [5.41, 5.74) is 1.87. The predicted molar refractivity (Wildman–Crippen MR) is 110 cm³/mol. The van der Waals surface area contributed by atoms with Crippen LogP contribution in [-0.4, -0.2) is 16.1 Å². The van der Waals surface area contributed by atoms with Crippen molar-refractivity contribution in [3.05, 3.63) is 74.7 Å². The van der Waals surface area contributed by atoms with Gasteiger partial charge in [-0.15, -0.1) is 0 Å². The number of hydrogen-bond acceptors (Lipinski definition) is 3. The minimum Gasteiger partial charge on any atom is -0.478 e. The summed E-state index contributed by atoms with van der Waals surface area (Å²) in [6.07, 6.45) is 0. The lowest BCUT2D eigenvalue weighted by Gasteiger charge is -2.06. The largest absolute Gasteiger partial charge is 0.478 e. The third-order valence-electron chi connectivity index (χ3n) is 4.06. The normalized spacial score (nSPS) is 11.1. The van der Waals surface area contributed by atoms with Crippen LogP contribution in [-0.2, 0) is 0 Å². The number of nitrogens with zero attached hydrogens (tertiary/aromatic N) is 1. The fourth-order valence-corrected chi connectivity index (χ4v) is 3.38. The van der Waals surface area contributed by atoms with Gasteiger partial charge < -0.3 is 9.52 Å². The van der Waals surface area contributed by atoms with Crippen LogP contribution in [0, 0.1) is 0 Å². The van der Waals surface area contributed by atoms with E-state index in [1.165, 1.54) is 6.07 Å². The molecule has 134 valence electrons. The molecule has 2 aromatic heterocycles. The van der Waals surface area contributed by atoms with Crippen LogP contribution in [0.4, 0.5) is 0 Å². The van der Waals surface area contributed by atoms with Gasteiger partial charge in [0.05, 0.1) is 16.1 Å². The first-order chi connectivity index (χ1) is 12.9. The lowest BCUT2D eigenvalue weighted by molar-refractivity contribution is 0.0699. The van der Waals surface area contributed by atoms with Gasteiger partial charge in [-0.25, -0.2) is 9.78 Å². The Morgan fingerprint density at radius 3 is 2.52 bits per heavy atom. The van der Waals surface area contributed by atoms with E-state index >= 15 is 0 Å². The first kappa shape index (κ1) is 18.0. The number of fused-ring (bicyclic) bond motifs is 1. The summed E-state index contributed by atoms with van der Waals surface area (Å²) in [6.45, 7) is 0. The number of benzene rings is 2. The second-order valence-corrected chi connectivity index (χ2v) is 7.51. The van der Waals surface area contributed by atoms with Crippen molar-refractivity contribution in [1.82, 2.24) is 4.98 Å². The van der Waals surface area contributed by atoms with Crippen molar-refractivity contribution in [2.45, 2.75) is 0 Å². The summed E-state index contributed by atoms with van der Waals surface area (Å²) in [7, 11) is 0. The Morgan fingerprint density at radius 1 is 1.00 bits per heavy atom. The fourth-order valence-electron chi connectivity index (χ4n) is 2.78. The first-order valence-corrected chi connectivity index (χ1v) is 9.36. The van der Waals surface area contributed by atoms with Crippen LogP contribution in [0.3, 0.4) is 0 Å². The molecule has 0 fully saturated rings. The van der Waals surface area contributed by atoms with E-state index in [0.29, 0.717) is 38.2 Å². The number of pyridine rings is 1. The molecule has 27 heavy (non-hydrogen) atoms. The average Bonchev–Trinajstić information content (AvgIpc) is 3.13. The van der Waals surface area contributed by atoms with E-state index in [4.69, 9.17) is 27.6 Å². The van der Waals surface area contributed by atoms with Gasteiger partial charge in [0.15, 0.2) is 5.76 Å². The highest BCUT2D eigenvalue weighted by Crippen LogP contribution is 2.33. The smallest absolute Gasteiger partial charge is 0.336 e. The zero-order chi connectivity index (χ0) is 19.1. The Hall–Kier alpha value is -2.34. The molecule has 0 unspecified atom stereocenters. The van der Waals surface area contributed by atoms with E-state index in [9.17, 15) is 9.90 Å². The van der Waals surface area contributed by atoms with Crippen molar-refractivity contribution in [2.24, 2.45) is 0 Å². The molecule has 2 heterocycles. The monoisotopic (exact) mass is 461 g/mol. The van der Waals surface area contributed by atoms with Crippen LogP contribution < -0.4 is 0 Å². The lowest BCUT2D eigenvalue weighted by Crippen LogP contribution is -2.00. The van der Waals surface area contributed by atoms with E-state index in [-0.39, 0.29) is 5.56 Å². The summed E-state index contributed by atoms with van der Waals surface area (Å²) in [4.78, 5) is 16.2. The third kappa shape index (κ3) is 3.46. The second-order valence-electron chi connectivity index (χ2n) is 5.81. The molecule has 0 bridgehead atoms. The summed E-state index contributed by atoms with van der Waals surface area (Å²) < 4.78 is 6.69. The minimum absolute atomic E-state index is 0.113. The first-order valence-electron chi connectivity index (χ1n) is 7.81. The van der Waals surface area contributed by atoms with Crippen molar-refractivity contribution in [3.63, 3.8) is 0 Å². The van der Waals surface area contributed by atoms with Crippen LogP contribution >= 0.6 is 39.1 Å². The Morgan fingerprint density at radius 2 is 1.78 bits per heavy atom. The maximum absolute atomic E-state index is 11.7. The molecule has 0 spiro atoms. The molecular formula is C20H10BrCl2NO3. The van der Waals surface area contributed by atoms with Crippen LogP contribution in [0.5, 0.6) is 0 Å². The molecule has 0 saturated heterocycles. The summed E-state index contributed by atoms with van der Waals surface area (Å²) in [5, 5.41) is 11.1. The maximum Gasteiger partial charge on any atom is 0.336 e. The van der Waals surface area contributed by atoms with Crippen molar-refractivity contribution in [3.8, 4) is 22.8 Å². The lowest BCUT2D eigenvalue weighted by atomic mass is 10.1. The second kappa shape index (κ2) is 7.00. The van der Waals surface area contributed by atoms with Crippen molar-refractivity contribution >= 4 is 56.0 Å². The molecule has 4 aromatic rings. The number of halogens is 3. The van der Waals surface area contributed by atoms with Crippen LogP contribution in [0.15, 0.2) is 63.5 Å². The summed E-state index contributed by atoms with van der Waals surface area (Å²) in [6, 6.07) is 15.5. The average molecular weight is 463 g/mol. The van der Waals surface area contributed by atoms with Gasteiger partial charge in [-0.3, -0.25) is 0 Å². The fraction of sp³-hybridized carbons (Fsp3) is 0. The van der Waals surface area contributed by atoms with E-state index < -0.39 is 5.97 Å². The molecule has 0 atom stereocenters. The molecule has 4 rings (SSSR count). The molecule has 7 heteroatoms. The number of hydrogen-bond donors (Lipinski definition) is 1. The summed E-state index contributed by atoms with van der Waals surface area (Å²) in [5.74, 6) is 0.00931. The zero-order valence-electron chi connectivity index (χ0n) is 13.5. The van der Waals surface area contributed by atoms with E-state index in [1.807, 2.05) is 12.1 Å². The van der Waals surface area contributed by atoms with Gasteiger partial charge >= 0.3 is 5.97 Å². The number of aromatic nitrogens is 1. The molecule has 0 saturated carbocycles. The molecule has 0 amide bonds. The third-order valence-corrected chi connectivity index (χ3v) is 5.53.